The van der Waals surface area contributed by atoms with Gasteiger partial charge < -0.3 is 9.47 Å². The van der Waals surface area contributed by atoms with Gasteiger partial charge in [0.15, 0.2) is 11.5 Å². The maximum Gasteiger partial charge on any atom is 0.171 e. The van der Waals surface area contributed by atoms with Crippen LogP contribution in [-0.4, -0.2) is 0 Å². The van der Waals surface area contributed by atoms with Crippen molar-refractivity contribution >= 4 is 0 Å². The summed E-state index contributed by atoms with van der Waals surface area (Å²) in [5.41, 5.74) is 2.98. The molecular formula is C26H24N2O2. The summed E-state index contributed by atoms with van der Waals surface area (Å²) in [5.74, 6) is 2.08. The molecule has 3 rings (SSSR count). The Morgan fingerprint density at radius 3 is 1.30 bits per heavy atom. The molecule has 0 spiro atoms. The standard InChI is InChI=1S/C26H24N2O2/c1-3-5-19-7-11-23(12-8-19)29-25-15-21(17-27)22(18-28)16-26(25)30-24-13-9-20(6-4-2)10-14-24/h7-16H,3-6H2,1-2H3. The van der Waals surface area contributed by atoms with Gasteiger partial charge in [-0.05, 0) is 48.2 Å². The molecule has 4 heteroatoms. The van der Waals surface area contributed by atoms with Crippen molar-refractivity contribution in [2.75, 3.05) is 0 Å². The van der Waals surface area contributed by atoms with Crippen LogP contribution in [0.15, 0.2) is 60.7 Å². The van der Waals surface area contributed by atoms with Gasteiger partial charge >= 0.3 is 0 Å². The van der Waals surface area contributed by atoms with E-state index in [1.807, 2.05) is 48.5 Å². The van der Waals surface area contributed by atoms with Crippen LogP contribution in [-0.2, 0) is 12.8 Å². The Labute approximate surface area is 177 Å². The van der Waals surface area contributed by atoms with Crippen molar-refractivity contribution in [1.29, 1.82) is 10.5 Å². The second-order valence-corrected chi connectivity index (χ2v) is 7.06. The second-order valence-electron chi connectivity index (χ2n) is 7.06. The van der Waals surface area contributed by atoms with Gasteiger partial charge in [0, 0.05) is 12.1 Å². The molecule has 0 heterocycles. The van der Waals surface area contributed by atoms with Crippen LogP contribution in [0.1, 0.15) is 48.9 Å². The summed E-state index contributed by atoms with van der Waals surface area (Å²) in [5, 5.41) is 18.8. The van der Waals surface area contributed by atoms with Crippen LogP contribution < -0.4 is 9.47 Å². The van der Waals surface area contributed by atoms with Gasteiger partial charge in [-0.25, -0.2) is 0 Å². The van der Waals surface area contributed by atoms with E-state index >= 15 is 0 Å². The Morgan fingerprint density at radius 2 is 1.00 bits per heavy atom. The van der Waals surface area contributed by atoms with Crippen molar-refractivity contribution in [3.8, 4) is 35.1 Å². The van der Waals surface area contributed by atoms with Crippen LogP contribution in [0.2, 0.25) is 0 Å². The fourth-order valence-corrected chi connectivity index (χ4v) is 3.18. The number of nitrogens with zero attached hydrogens (tertiary/aromatic N) is 2. The van der Waals surface area contributed by atoms with Crippen molar-refractivity contribution in [3.05, 3.63) is 82.9 Å². The molecule has 0 bridgehead atoms. The lowest BCUT2D eigenvalue weighted by molar-refractivity contribution is 0.418. The lowest BCUT2D eigenvalue weighted by atomic mass is 10.1. The Morgan fingerprint density at radius 1 is 0.633 bits per heavy atom. The van der Waals surface area contributed by atoms with Gasteiger partial charge in [0.05, 0.1) is 11.1 Å². The zero-order valence-electron chi connectivity index (χ0n) is 17.3. The lowest BCUT2D eigenvalue weighted by Gasteiger charge is -2.14. The lowest BCUT2D eigenvalue weighted by Crippen LogP contribution is -1.95. The molecule has 0 unspecified atom stereocenters. The normalized spacial score (nSPS) is 10.1. The Kier molecular flexibility index (Phi) is 7.09. The van der Waals surface area contributed by atoms with Crippen LogP contribution >= 0.6 is 0 Å². The number of hydrogen-bond acceptors (Lipinski definition) is 4. The molecule has 0 saturated heterocycles. The second kappa shape index (κ2) is 10.1. The summed E-state index contributed by atoms with van der Waals surface area (Å²) in [6.45, 7) is 4.28. The summed E-state index contributed by atoms with van der Waals surface area (Å²) in [7, 11) is 0. The fourth-order valence-electron chi connectivity index (χ4n) is 3.18. The number of ether oxygens (including phenoxy) is 2. The summed E-state index contributed by atoms with van der Waals surface area (Å²) < 4.78 is 12.1. The zero-order chi connectivity index (χ0) is 21.3. The molecule has 0 N–H and O–H groups in total. The first-order valence-electron chi connectivity index (χ1n) is 10.2. The molecule has 0 atom stereocenters. The van der Waals surface area contributed by atoms with E-state index in [1.165, 1.54) is 11.1 Å². The average Bonchev–Trinajstić information content (AvgIpc) is 2.77. The van der Waals surface area contributed by atoms with Gasteiger partial charge in [0.1, 0.15) is 23.6 Å². The third kappa shape index (κ3) is 5.19. The molecule has 4 nitrogen and oxygen atoms in total. The molecular weight excluding hydrogens is 372 g/mol. The van der Waals surface area contributed by atoms with Crippen LogP contribution in [0.5, 0.6) is 23.0 Å². The van der Waals surface area contributed by atoms with E-state index in [1.54, 1.807) is 12.1 Å². The molecule has 0 saturated carbocycles. The van der Waals surface area contributed by atoms with E-state index < -0.39 is 0 Å². The first kappa shape index (κ1) is 21.0. The molecule has 3 aromatic carbocycles. The number of benzene rings is 3. The topological polar surface area (TPSA) is 66.0 Å². The highest BCUT2D eigenvalue weighted by Crippen LogP contribution is 2.37. The molecule has 150 valence electrons. The van der Waals surface area contributed by atoms with Gasteiger partial charge in [0.25, 0.3) is 0 Å². The smallest absolute Gasteiger partial charge is 0.171 e. The number of rotatable bonds is 8. The highest BCUT2D eigenvalue weighted by molar-refractivity contribution is 5.58. The van der Waals surface area contributed by atoms with E-state index in [0.29, 0.717) is 23.0 Å². The zero-order valence-corrected chi connectivity index (χ0v) is 17.3. The maximum atomic E-state index is 9.40. The quantitative estimate of drug-likeness (QED) is 0.414. The van der Waals surface area contributed by atoms with E-state index in [0.717, 1.165) is 25.7 Å². The van der Waals surface area contributed by atoms with Crippen molar-refractivity contribution in [2.24, 2.45) is 0 Å². The SMILES string of the molecule is CCCc1ccc(Oc2cc(C#N)c(C#N)cc2Oc2ccc(CCC)cc2)cc1. The van der Waals surface area contributed by atoms with E-state index in [9.17, 15) is 10.5 Å². The Hall–Kier alpha value is -3.76. The van der Waals surface area contributed by atoms with Gasteiger partial charge in [-0.15, -0.1) is 0 Å². The number of aryl methyl sites for hydroxylation is 2. The highest BCUT2D eigenvalue weighted by Gasteiger charge is 2.14. The monoisotopic (exact) mass is 396 g/mol. The first-order chi connectivity index (χ1) is 14.7. The Bertz CT molecular complexity index is 984. The van der Waals surface area contributed by atoms with Crippen LogP contribution in [0.4, 0.5) is 0 Å². The minimum Gasteiger partial charge on any atom is -0.453 e. The van der Waals surface area contributed by atoms with E-state index in [4.69, 9.17) is 9.47 Å². The summed E-state index contributed by atoms with van der Waals surface area (Å²) in [4.78, 5) is 0. The van der Waals surface area contributed by atoms with Crippen molar-refractivity contribution < 1.29 is 9.47 Å². The van der Waals surface area contributed by atoms with Crippen LogP contribution in [0.3, 0.4) is 0 Å². The molecule has 0 aliphatic heterocycles. The van der Waals surface area contributed by atoms with Gasteiger partial charge in [0.2, 0.25) is 0 Å². The van der Waals surface area contributed by atoms with E-state index in [-0.39, 0.29) is 11.1 Å². The van der Waals surface area contributed by atoms with Crippen LogP contribution in [0, 0.1) is 22.7 Å². The van der Waals surface area contributed by atoms with Gasteiger partial charge in [-0.1, -0.05) is 51.0 Å². The molecule has 0 aromatic heterocycles. The summed E-state index contributed by atoms with van der Waals surface area (Å²) >= 11 is 0. The van der Waals surface area contributed by atoms with E-state index in [2.05, 4.69) is 26.0 Å². The third-order valence-corrected chi connectivity index (χ3v) is 4.70. The van der Waals surface area contributed by atoms with Crippen LogP contribution in [0.25, 0.3) is 0 Å². The Balaban J connectivity index is 1.92. The predicted molar refractivity (Wildman–Crippen MR) is 117 cm³/mol. The maximum absolute atomic E-state index is 9.40. The third-order valence-electron chi connectivity index (χ3n) is 4.70. The van der Waals surface area contributed by atoms with Crippen molar-refractivity contribution in [1.82, 2.24) is 0 Å². The highest BCUT2D eigenvalue weighted by atomic mass is 16.5. The minimum atomic E-state index is 0.251. The molecule has 3 aromatic rings. The van der Waals surface area contributed by atoms with Gasteiger partial charge in [-0.3, -0.25) is 0 Å². The van der Waals surface area contributed by atoms with Gasteiger partial charge in [-0.2, -0.15) is 10.5 Å². The summed E-state index contributed by atoms with van der Waals surface area (Å²) in [6, 6.07) is 22.9. The fraction of sp³-hybridized carbons (Fsp3) is 0.231. The summed E-state index contributed by atoms with van der Waals surface area (Å²) in [6.07, 6.45) is 4.18. The first-order valence-corrected chi connectivity index (χ1v) is 10.2. The molecule has 0 aliphatic rings. The molecule has 30 heavy (non-hydrogen) atoms. The van der Waals surface area contributed by atoms with Crippen molar-refractivity contribution in [2.45, 2.75) is 39.5 Å². The van der Waals surface area contributed by atoms with Crippen molar-refractivity contribution in [3.63, 3.8) is 0 Å². The molecule has 0 amide bonds. The molecule has 0 aliphatic carbocycles. The average molecular weight is 396 g/mol. The minimum absolute atomic E-state index is 0.251. The molecule has 0 radical (unpaired) electrons. The predicted octanol–water partition coefficient (Wildman–Crippen LogP) is 6.92. The number of nitriles is 2. The largest absolute Gasteiger partial charge is 0.453 e. The molecule has 0 fully saturated rings. The number of hydrogen-bond donors (Lipinski definition) is 0.